The maximum Gasteiger partial charge on any atom is 0.253 e. The lowest BCUT2D eigenvalue weighted by Gasteiger charge is -2.32. The fourth-order valence-electron chi connectivity index (χ4n) is 2.23. The summed E-state index contributed by atoms with van der Waals surface area (Å²) in [6.45, 7) is 4.68. The molecule has 2 N–H and O–H groups in total. The standard InChI is InChI=1S/C13H19N3O3S/c1-10-7-11(9-12(8-10)20(14,18)19)13(17)16-5-3-15(2)4-6-16/h7-9H,3-6H2,1-2H3,(H2,14,18,19). The van der Waals surface area contributed by atoms with Crippen LogP contribution in [0.2, 0.25) is 0 Å². The molecule has 0 atom stereocenters. The highest BCUT2D eigenvalue weighted by Gasteiger charge is 2.22. The third-order valence-corrected chi connectivity index (χ3v) is 4.31. The Kier molecular flexibility index (Phi) is 4.12. The third kappa shape index (κ3) is 3.36. The second kappa shape index (κ2) is 5.51. The van der Waals surface area contributed by atoms with Crippen molar-refractivity contribution in [3.8, 4) is 0 Å². The first-order chi connectivity index (χ1) is 9.27. The topological polar surface area (TPSA) is 83.7 Å². The summed E-state index contributed by atoms with van der Waals surface area (Å²) < 4.78 is 22.9. The first-order valence-corrected chi connectivity index (χ1v) is 7.94. The van der Waals surface area contributed by atoms with Crippen LogP contribution in [0.25, 0.3) is 0 Å². The van der Waals surface area contributed by atoms with Gasteiger partial charge in [0.05, 0.1) is 4.90 Å². The van der Waals surface area contributed by atoms with Crippen molar-refractivity contribution >= 4 is 15.9 Å². The minimum Gasteiger partial charge on any atom is -0.336 e. The normalized spacial score (nSPS) is 17.2. The number of piperazine rings is 1. The summed E-state index contributed by atoms with van der Waals surface area (Å²) >= 11 is 0. The minimum absolute atomic E-state index is 0.0185. The van der Waals surface area contributed by atoms with Crippen molar-refractivity contribution in [3.63, 3.8) is 0 Å². The molecular weight excluding hydrogens is 278 g/mol. The first-order valence-electron chi connectivity index (χ1n) is 6.40. The van der Waals surface area contributed by atoms with Crippen LogP contribution in [0.15, 0.2) is 23.1 Å². The van der Waals surface area contributed by atoms with Gasteiger partial charge in [-0.15, -0.1) is 0 Å². The first kappa shape index (κ1) is 15.0. The highest BCUT2D eigenvalue weighted by molar-refractivity contribution is 7.89. The number of carbonyl (C=O) groups is 1. The summed E-state index contributed by atoms with van der Waals surface area (Å²) in [7, 11) is -1.79. The summed E-state index contributed by atoms with van der Waals surface area (Å²) in [6.07, 6.45) is 0. The van der Waals surface area contributed by atoms with Crippen LogP contribution >= 0.6 is 0 Å². The molecule has 0 spiro atoms. The lowest BCUT2D eigenvalue weighted by molar-refractivity contribution is 0.0664. The number of primary sulfonamides is 1. The summed E-state index contributed by atoms with van der Waals surface area (Å²) in [6, 6.07) is 4.51. The Morgan fingerprint density at radius 2 is 1.75 bits per heavy atom. The quantitative estimate of drug-likeness (QED) is 0.835. The minimum atomic E-state index is -3.80. The monoisotopic (exact) mass is 297 g/mol. The summed E-state index contributed by atoms with van der Waals surface area (Å²) in [5.41, 5.74) is 1.08. The van der Waals surface area contributed by atoms with E-state index in [0.29, 0.717) is 24.2 Å². The maximum absolute atomic E-state index is 12.4. The molecule has 0 unspecified atom stereocenters. The Morgan fingerprint density at radius 1 is 1.15 bits per heavy atom. The van der Waals surface area contributed by atoms with E-state index in [0.717, 1.165) is 13.1 Å². The molecule has 2 rings (SSSR count). The van der Waals surface area contributed by atoms with E-state index < -0.39 is 10.0 Å². The summed E-state index contributed by atoms with van der Waals surface area (Å²) in [4.78, 5) is 16.3. The van der Waals surface area contributed by atoms with Gasteiger partial charge in [0.1, 0.15) is 0 Å². The molecule has 0 aliphatic carbocycles. The molecule has 1 aromatic rings. The van der Waals surface area contributed by atoms with Crippen LogP contribution < -0.4 is 5.14 Å². The number of likely N-dealkylation sites (N-methyl/N-ethyl adjacent to an activating group) is 1. The molecule has 1 aromatic carbocycles. The molecule has 1 aliphatic rings. The van der Waals surface area contributed by atoms with Crippen LogP contribution in [0.3, 0.4) is 0 Å². The molecule has 20 heavy (non-hydrogen) atoms. The van der Waals surface area contributed by atoms with Crippen LogP contribution in [0.5, 0.6) is 0 Å². The van der Waals surface area contributed by atoms with Gasteiger partial charge in [-0.3, -0.25) is 4.79 Å². The number of nitrogens with two attached hydrogens (primary N) is 1. The van der Waals surface area contributed by atoms with E-state index in [9.17, 15) is 13.2 Å². The van der Waals surface area contributed by atoms with Crippen molar-refractivity contribution < 1.29 is 13.2 Å². The van der Waals surface area contributed by atoms with E-state index >= 15 is 0 Å². The lowest BCUT2D eigenvalue weighted by Crippen LogP contribution is -2.47. The number of sulfonamides is 1. The van der Waals surface area contributed by atoms with E-state index in [1.165, 1.54) is 12.1 Å². The number of hydrogen-bond acceptors (Lipinski definition) is 4. The van der Waals surface area contributed by atoms with E-state index in [4.69, 9.17) is 5.14 Å². The Hall–Kier alpha value is -1.44. The second-order valence-electron chi connectivity index (χ2n) is 5.18. The number of aryl methyl sites for hydroxylation is 1. The van der Waals surface area contributed by atoms with Crippen molar-refractivity contribution in [2.24, 2.45) is 5.14 Å². The van der Waals surface area contributed by atoms with Crippen LogP contribution in [-0.2, 0) is 10.0 Å². The average Bonchev–Trinajstić information content (AvgIpc) is 2.37. The largest absolute Gasteiger partial charge is 0.336 e. The van der Waals surface area contributed by atoms with Gasteiger partial charge in [0.15, 0.2) is 0 Å². The van der Waals surface area contributed by atoms with Crippen molar-refractivity contribution in [3.05, 3.63) is 29.3 Å². The van der Waals surface area contributed by atoms with Crippen molar-refractivity contribution in [1.29, 1.82) is 0 Å². The van der Waals surface area contributed by atoms with Crippen LogP contribution in [-0.4, -0.2) is 57.4 Å². The molecule has 7 heteroatoms. The van der Waals surface area contributed by atoms with E-state index in [2.05, 4.69) is 4.90 Å². The van der Waals surface area contributed by atoms with Crippen LogP contribution in [0, 0.1) is 6.92 Å². The molecule has 0 radical (unpaired) electrons. The van der Waals surface area contributed by atoms with E-state index in [1.54, 1.807) is 17.9 Å². The number of hydrogen-bond donors (Lipinski definition) is 1. The van der Waals surface area contributed by atoms with Gasteiger partial charge in [-0.05, 0) is 37.7 Å². The molecule has 6 nitrogen and oxygen atoms in total. The molecule has 0 bridgehead atoms. The zero-order valence-electron chi connectivity index (χ0n) is 11.7. The number of carbonyl (C=O) groups excluding carboxylic acids is 1. The summed E-state index contributed by atoms with van der Waals surface area (Å²) in [5.74, 6) is -0.147. The summed E-state index contributed by atoms with van der Waals surface area (Å²) in [5, 5.41) is 5.13. The fourth-order valence-corrected chi connectivity index (χ4v) is 2.87. The van der Waals surface area contributed by atoms with E-state index in [1.807, 2.05) is 7.05 Å². The zero-order chi connectivity index (χ0) is 14.9. The molecule has 0 saturated carbocycles. The Labute approximate surface area is 119 Å². The van der Waals surface area contributed by atoms with Gasteiger partial charge < -0.3 is 9.80 Å². The number of benzene rings is 1. The molecule has 1 saturated heterocycles. The molecule has 1 amide bonds. The van der Waals surface area contributed by atoms with Crippen LogP contribution in [0.4, 0.5) is 0 Å². The lowest BCUT2D eigenvalue weighted by atomic mass is 10.1. The Morgan fingerprint density at radius 3 is 2.30 bits per heavy atom. The SMILES string of the molecule is Cc1cc(C(=O)N2CCN(C)CC2)cc(S(N)(=O)=O)c1. The number of amides is 1. The van der Waals surface area contributed by atoms with Crippen LogP contribution in [0.1, 0.15) is 15.9 Å². The van der Waals surface area contributed by atoms with Gasteiger partial charge in [0.2, 0.25) is 10.0 Å². The van der Waals surface area contributed by atoms with Gasteiger partial charge in [0, 0.05) is 31.7 Å². The second-order valence-corrected chi connectivity index (χ2v) is 6.74. The van der Waals surface area contributed by atoms with E-state index in [-0.39, 0.29) is 10.8 Å². The van der Waals surface area contributed by atoms with Crippen molar-refractivity contribution in [1.82, 2.24) is 9.80 Å². The zero-order valence-corrected chi connectivity index (χ0v) is 12.5. The average molecular weight is 297 g/mol. The van der Waals surface area contributed by atoms with Crippen molar-refractivity contribution in [2.45, 2.75) is 11.8 Å². The van der Waals surface area contributed by atoms with Crippen molar-refractivity contribution in [2.75, 3.05) is 33.2 Å². The fraction of sp³-hybridized carbons (Fsp3) is 0.462. The smallest absolute Gasteiger partial charge is 0.253 e. The molecule has 1 aliphatic heterocycles. The highest BCUT2D eigenvalue weighted by Crippen LogP contribution is 2.16. The molecule has 1 heterocycles. The third-order valence-electron chi connectivity index (χ3n) is 3.42. The Bertz CT molecular complexity index is 620. The predicted octanol–water partition coefficient (Wildman–Crippen LogP) is 0.0300. The number of rotatable bonds is 2. The van der Waals surface area contributed by atoms with Gasteiger partial charge in [-0.2, -0.15) is 0 Å². The van der Waals surface area contributed by atoms with Gasteiger partial charge in [0.25, 0.3) is 5.91 Å². The maximum atomic E-state index is 12.4. The molecule has 0 aromatic heterocycles. The van der Waals surface area contributed by atoms with Gasteiger partial charge in [-0.25, -0.2) is 13.6 Å². The van der Waals surface area contributed by atoms with Gasteiger partial charge in [-0.1, -0.05) is 0 Å². The molecular formula is C13H19N3O3S. The molecule has 1 fully saturated rings. The number of nitrogens with zero attached hydrogens (tertiary/aromatic N) is 2. The Balaban J connectivity index is 2.28. The molecule has 110 valence electrons. The predicted molar refractivity (Wildman–Crippen MR) is 76.0 cm³/mol. The van der Waals surface area contributed by atoms with Gasteiger partial charge >= 0.3 is 0 Å². The highest BCUT2D eigenvalue weighted by atomic mass is 32.2.